The average molecular weight is 484 g/mol. The Balaban J connectivity index is 1.60. The number of nitrogens with one attached hydrogen (secondary N) is 1. The van der Waals surface area contributed by atoms with Crippen molar-refractivity contribution in [2.75, 3.05) is 47.4 Å². The first kappa shape index (κ1) is 21.5. The molecule has 0 radical (unpaired) electrons. The van der Waals surface area contributed by atoms with Crippen LogP contribution in [-0.4, -0.2) is 78.7 Å². The van der Waals surface area contributed by atoms with Crippen LogP contribution >= 0.6 is 15.9 Å². The van der Waals surface area contributed by atoms with Crippen molar-refractivity contribution in [1.29, 1.82) is 0 Å². The normalized spacial score (nSPS) is 14.6. The number of halogens is 1. The first-order valence-electron chi connectivity index (χ1n) is 10.2. The van der Waals surface area contributed by atoms with Gasteiger partial charge in [0.05, 0.1) is 11.3 Å². The van der Waals surface area contributed by atoms with Crippen molar-refractivity contribution < 1.29 is 9.94 Å². The quantitative estimate of drug-likeness (QED) is 0.375. The van der Waals surface area contributed by atoms with Gasteiger partial charge in [0.2, 0.25) is 0 Å². The molecule has 0 saturated carbocycles. The monoisotopic (exact) mass is 483 g/mol. The van der Waals surface area contributed by atoms with E-state index in [9.17, 15) is 5.11 Å². The van der Waals surface area contributed by atoms with Crippen LogP contribution in [0.4, 0.5) is 5.69 Å². The molecule has 8 heteroatoms. The molecule has 4 rings (SSSR count). The summed E-state index contributed by atoms with van der Waals surface area (Å²) in [7, 11) is 6.19. The molecule has 1 aliphatic rings. The molecule has 2 heterocycles. The van der Waals surface area contributed by atoms with Crippen molar-refractivity contribution in [3.05, 3.63) is 58.1 Å². The van der Waals surface area contributed by atoms with E-state index in [4.69, 9.17) is 9.83 Å². The number of aromatic hydroxyl groups is 1. The van der Waals surface area contributed by atoms with Gasteiger partial charge in [0.15, 0.2) is 5.88 Å². The zero-order chi connectivity index (χ0) is 22.0. The molecule has 0 saturated heterocycles. The zero-order valence-corrected chi connectivity index (χ0v) is 19.5. The molecule has 1 aliphatic heterocycles. The Labute approximate surface area is 190 Å². The second-order valence-corrected chi connectivity index (χ2v) is 8.81. The van der Waals surface area contributed by atoms with Crippen LogP contribution in [0.3, 0.4) is 0 Å². The molecule has 3 aromatic rings. The number of aromatic amines is 1. The van der Waals surface area contributed by atoms with Crippen molar-refractivity contribution in [2.24, 2.45) is 10.1 Å². The summed E-state index contributed by atoms with van der Waals surface area (Å²) < 4.78 is 0.923. The molecular formula is C23H26BrN5O2. The number of aromatic nitrogens is 1. The van der Waals surface area contributed by atoms with Gasteiger partial charge in [-0.15, -0.1) is 0 Å². The van der Waals surface area contributed by atoms with Crippen LogP contribution in [0.1, 0.15) is 11.1 Å². The van der Waals surface area contributed by atoms with Crippen molar-refractivity contribution in [2.45, 2.75) is 0 Å². The second-order valence-electron chi connectivity index (χ2n) is 7.90. The number of H-pyrrole nitrogens is 1. The lowest BCUT2D eigenvalue weighted by molar-refractivity contribution is 0.117. The number of likely N-dealkylation sites (N-methyl/N-ethyl adjacent to an activating group) is 2. The SMILES string of the molecule is CN(C)CCN(C)CCO/N=C1/C(c2c(O)[nH]c3ccc(Br)cc23)=Nc2ccccc21. The van der Waals surface area contributed by atoms with Gasteiger partial charge >= 0.3 is 0 Å². The number of oxime groups is 1. The Kier molecular flexibility index (Phi) is 6.41. The van der Waals surface area contributed by atoms with E-state index in [1.807, 2.05) is 42.5 Å². The van der Waals surface area contributed by atoms with Crippen molar-refractivity contribution in [3.8, 4) is 5.88 Å². The van der Waals surface area contributed by atoms with E-state index in [0.29, 0.717) is 23.6 Å². The van der Waals surface area contributed by atoms with E-state index in [1.165, 1.54) is 0 Å². The summed E-state index contributed by atoms with van der Waals surface area (Å²) in [6.45, 7) is 3.18. The number of rotatable bonds is 8. The van der Waals surface area contributed by atoms with Crippen LogP contribution in [0.5, 0.6) is 5.88 Å². The summed E-state index contributed by atoms with van der Waals surface area (Å²) in [6, 6.07) is 13.6. The maximum absolute atomic E-state index is 10.7. The molecule has 0 fully saturated rings. The third kappa shape index (κ3) is 4.66. The summed E-state index contributed by atoms with van der Waals surface area (Å²) in [5.41, 5.74) is 4.38. The van der Waals surface area contributed by atoms with Gasteiger partial charge in [0.25, 0.3) is 0 Å². The number of aliphatic imine (C=N–C) groups is 1. The number of hydrogen-bond donors (Lipinski definition) is 2. The minimum atomic E-state index is 0.0655. The molecule has 7 nitrogen and oxygen atoms in total. The van der Waals surface area contributed by atoms with Gasteiger partial charge in [-0.25, -0.2) is 4.99 Å². The number of benzene rings is 2. The summed E-state index contributed by atoms with van der Waals surface area (Å²) >= 11 is 3.52. The Morgan fingerprint density at radius 2 is 1.90 bits per heavy atom. The molecule has 0 spiro atoms. The van der Waals surface area contributed by atoms with Crippen LogP contribution < -0.4 is 0 Å². The lowest BCUT2D eigenvalue weighted by atomic mass is 10.0. The first-order valence-corrected chi connectivity index (χ1v) is 11.0. The molecule has 0 aliphatic carbocycles. The molecule has 0 unspecified atom stereocenters. The highest BCUT2D eigenvalue weighted by Crippen LogP contribution is 2.36. The van der Waals surface area contributed by atoms with Gasteiger partial charge in [-0.3, -0.25) is 0 Å². The van der Waals surface area contributed by atoms with E-state index < -0.39 is 0 Å². The predicted octanol–water partition coefficient (Wildman–Crippen LogP) is 3.98. The van der Waals surface area contributed by atoms with E-state index in [0.717, 1.165) is 46.3 Å². The summed E-state index contributed by atoms with van der Waals surface area (Å²) in [5.74, 6) is 0.0655. The predicted molar refractivity (Wildman–Crippen MR) is 129 cm³/mol. The summed E-state index contributed by atoms with van der Waals surface area (Å²) in [4.78, 5) is 17.9. The molecule has 1 aromatic heterocycles. The number of nitrogens with zero attached hydrogens (tertiary/aromatic N) is 4. The topological polar surface area (TPSA) is 76.5 Å². The lowest BCUT2D eigenvalue weighted by Gasteiger charge is -2.18. The van der Waals surface area contributed by atoms with Crippen LogP contribution in [-0.2, 0) is 4.84 Å². The molecule has 2 aromatic carbocycles. The average Bonchev–Trinajstić information content (AvgIpc) is 3.25. The fourth-order valence-electron chi connectivity index (χ4n) is 3.52. The second kappa shape index (κ2) is 9.21. The highest BCUT2D eigenvalue weighted by Gasteiger charge is 2.29. The molecule has 0 bridgehead atoms. The maximum atomic E-state index is 10.7. The van der Waals surface area contributed by atoms with Crippen LogP contribution in [0.25, 0.3) is 10.9 Å². The molecule has 31 heavy (non-hydrogen) atoms. The highest BCUT2D eigenvalue weighted by atomic mass is 79.9. The highest BCUT2D eigenvalue weighted by molar-refractivity contribution is 9.10. The van der Waals surface area contributed by atoms with Crippen molar-refractivity contribution >= 4 is 43.9 Å². The smallest absolute Gasteiger partial charge is 0.199 e. The minimum Gasteiger partial charge on any atom is -0.494 e. The number of fused-ring (bicyclic) bond motifs is 2. The minimum absolute atomic E-state index is 0.0655. The van der Waals surface area contributed by atoms with E-state index >= 15 is 0 Å². The van der Waals surface area contributed by atoms with Gasteiger partial charge in [-0.2, -0.15) is 0 Å². The molecule has 2 N–H and O–H groups in total. The fraction of sp³-hybridized carbons (Fsp3) is 0.304. The summed E-state index contributed by atoms with van der Waals surface area (Å²) in [5, 5.41) is 16.0. The standard InChI is InChI=1S/C23H26BrN5O2/c1-28(2)10-11-29(3)12-13-31-27-21-16-6-4-5-7-18(16)25-22(21)20-17-14-15(24)8-9-19(17)26-23(20)30/h4-9,14,26,30H,10-13H2,1-3H3/b27-21+. The molecule has 0 atom stereocenters. The molecule has 162 valence electrons. The van der Waals surface area contributed by atoms with Crippen LogP contribution in [0.2, 0.25) is 0 Å². The fourth-order valence-corrected chi connectivity index (χ4v) is 3.88. The number of para-hydroxylation sites is 1. The molecular weight excluding hydrogens is 458 g/mol. The number of hydrogen-bond acceptors (Lipinski definition) is 6. The van der Waals surface area contributed by atoms with Gasteiger partial charge < -0.3 is 24.7 Å². The lowest BCUT2D eigenvalue weighted by Crippen LogP contribution is -2.30. The zero-order valence-electron chi connectivity index (χ0n) is 17.9. The van der Waals surface area contributed by atoms with Crippen molar-refractivity contribution in [1.82, 2.24) is 14.8 Å². The maximum Gasteiger partial charge on any atom is 0.199 e. The van der Waals surface area contributed by atoms with Gasteiger partial charge in [-0.05, 0) is 45.4 Å². The van der Waals surface area contributed by atoms with Gasteiger partial charge in [0, 0.05) is 40.6 Å². The van der Waals surface area contributed by atoms with Gasteiger partial charge in [0.1, 0.15) is 18.0 Å². The molecule has 0 amide bonds. The Morgan fingerprint density at radius 1 is 1.10 bits per heavy atom. The van der Waals surface area contributed by atoms with Crippen LogP contribution in [0.15, 0.2) is 57.1 Å². The first-order chi connectivity index (χ1) is 14.9. The largest absolute Gasteiger partial charge is 0.494 e. The van der Waals surface area contributed by atoms with E-state index in [2.05, 4.69) is 57.0 Å². The van der Waals surface area contributed by atoms with E-state index in [1.54, 1.807) is 0 Å². The Morgan fingerprint density at radius 3 is 2.71 bits per heavy atom. The van der Waals surface area contributed by atoms with E-state index in [-0.39, 0.29) is 5.88 Å². The van der Waals surface area contributed by atoms with Crippen molar-refractivity contribution in [3.63, 3.8) is 0 Å². The third-order valence-corrected chi connectivity index (χ3v) is 5.74. The Bertz CT molecular complexity index is 1150. The summed E-state index contributed by atoms with van der Waals surface area (Å²) in [6.07, 6.45) is 0. The Hall–Kier alpha value is -2.68. The third-order valence-electron chi connectivity index (χ3n) is 5.24. The van der Waals surface area contributed by atoms with Gasteiger partial charge in [-0.1, -0.05) is 39.3 Å². The van der Waals surface area contributed by atoms with Crippen LogP contribution in [0, 0.1) is 0 Å².